The summed E-state index contributed by atoms with van der Waals surface area (Å²) in [6.07, 6.45) is 1.89. The van der Waals surface area contributed by atoms with Gasteiger partial charge in [-0.25, -0.2) is 0 Å². The van der Waals surface area contributed by atoms with Crippen LogP contribution in [0.5, 0.6) is 0 Å². The zero-order chi connectivity index (χ0) is 16.8. The Morgan fingerprint density at radius 1 is 1.00 bits per heavy atom. The van der Waals surface area contributed by atoms with E-state index in [9.17, 15) is 19.8 Å². The van der Waals surface area contributed by atoms with Gasteiger partial charge in [0.25, 0.3) is 0 Å². The molecule has 1 fully saturated rings. The number of ketones is 2. The lowest BCUT2D eigenvalue weighted by molar-refractivity contribution is -0.188. The Hall–Kier alpha value is -1.26. The molecule has 0 aromatic carbocycles. The maximum atomic E-state index is 13.0. The summed E-state index contributed by atoms with van der Waals surface area (Å²) >= 11 is 0. The van der Waals surface area contributed by atoms with Crippen LogP contribution in [0.2, 0.25) is 0 Å². The average molecular weight is 304 g/mol. The van der Waals surface area contributed by atoms with E-state index in [2.05, 4.69) is 0 Å². The van der Waals surface area contributed by atoms with Gasteiger partial charge in [0.15, 0.2) is 11.6 Å². The molecule has 4 heteroatoms. The molecule has 4 rings (SSSR count). The molecule has 0 spiro atoms. The molecular weight excluding hydrogens is 280 g/mol. The van der Waals surface area contributed by atoms with Gasteiger partial charge in [0.2, 0.25) is 0 Å². The number of aliphatic hydroxyl groups is 2. The van der Waals surface area contributed by atoms with Gasteiger partial charge in [-0.1, -0.05) is 17.2 Å². The predicted octanol–water partition coefficient (Wildman–Crippen LogP) is 1.81. The highest BCUT2D eigenvalue weighted by atomic mass is 16.3. The number of carbonyl (C=O) groups excluding carboxylic acids is 2. The van der Waals surface area contributed by atoms with Crippen LogP contribution in [0.1, 0.15) is 41.5 Å². The summed E-state index contributed by atoms with van der Waals surface area (Å²) in [6.45, 7) is 10.4. The standard InChI is InChI=1S/C18H24O4/c1-8-7-11-13-12(16(8,4)15(20)17(11,5)21)9(2)10(3)14(19)18(13,6)22/h7,11-13,21-22H,1-6H3/t11?,12?,13?,16?,17?,18-/m0/s1. The van der Waals surface area contributed by atoms with E-state index >= 15 is 0 Å². The maximum absolute atomic E-state index is 13.0. The molecular formula is C18H24O4. The van der Waals surface area contributed by atoms with Crippen molar-refractivity contribution < 1.29 is 19.8 Å². The van der Waals surface area contributed by atoms with Crippen LogP contribution >= 0.6 is 0 Å². The minimum absolute atomic E-state index is 0.205. The van der Waals surface area contributed by atoms with E-state index in [4.69, 9.17) is 0 Å². The third-order valence-corrected chi connectivity index (χ3v) is 6.70. The molecule has 2 bridgehead atoms. The third-order valence-electron chi connectivity index (χ3n) is 6.70. The lowest BCUT2D eigenvalue weighted by Gasteiger charge is -2.62. The van der Waals surface area contributed by atoms with Gasteiger partial charge < -0.3 is 10.2 Å². The second-order valence-electron chi connectivity index (χ2n) is 7.84. The predicted molar refractivity (Wildman–Crippen MR) is 82.0 cm³/mol. The van der Waals surface area contributed by atoms with Crippen molar-refractivity contribution in [2.45, 2.75) is 52.7 Å². The Morgan fingerprint density at radius 3 is 2.09 bits per heavy atom. The Morgan fingerprint density at radius 2 is 1.55 bits per heavy atom. The lowest BCUT2D eigenvalue weighted by atomic mass is 9.41. The monoisotopic (exact) mass is 304 g/mol. The molecule has 120 valence electrons. The molecule has 6 atom stereocenters. The van der Waals surface area contributed by atoms with Crippen molar-refractivity contribution in [2.24, 2.45) is 23.2 Å². The van der Waals surface area contributed by atoms with Crippen molar-refractivity contribution in [2.75, 3.05) is 0 Å². The van der Waals surface area contributed by atoms with Crippen LogP contribution in [0.25, 0.3) is 0 Å². The molecule has 1 saturated carbocycles. The zero-order valence-corrected chi connectivity index (χ0v) is 14.0. The van der Waals surface area contributed by atoms with Crippen LogP contribution in [0.4, 0.5) is 0 Å². The minimum atomic E-state index is -1.57. The van der Waals surface area contributed by atoms with Gasteiger partial charge in [0, 0.05) is 17.8 Å². The normalized spacial score (nSPS) is 51.1. The Bertz CT molecular complexity index is 665. The number of allylic oxidation sites excluding steroid dienone is 2. The number of fused-ring (bicyclic) bond motifs is 1. The fourth-order valence-electron chi connectivity index (χ4n) is 5.19. The van der Waals surface area contributed by atoms with Crippen molar-refractivity contribution in [3.8, 4) is 0 Å². The fraction of sp³-hybridized carbons (Fsp3) is 0.667. The molecule has 4 aliphatic rings. The molecule has 0 radical (unpaired) electrons. The first-order valence-electron chi connectivity index (χ1n) is 7.80. The topological polar surface area (TPSA) is 74.6 Å². The van der Waals surface area contributed by atoms with Gasteiger partial charge in [0.05, 0.1) is 5.41 Å². The van der Waals surface area contributed by atoms with E-state index in [1.54, 1.807) is 6.92 Å². The third kappa shape index (κ3) is 1.41. The maximum Gasteiger partial charge on any atom is 0.190 e. The molecule has 0 saturated heterocycles. The zero-order valence-electron chi connectivity index (χ0n) is 14.0. The molecule has 2 N–H and O–H groups in total. The first-order valence-corrected chi connectivity index (χ1v) is 7.80. The summed E-state index contributed by atoms with van der Waals surface area (Å²) in [5.41, 5.74) is -1.66. The summed E-state index contributed by atoms with van der Waals surface area (Å²) in [5, 5.41) is 21.7. The largest absolute Gasteiger partial charge is 0.382 e. The van der Waals surface area contributed by atoms with Gasteiger partial charge >= 0.3 is 0 Å². The summed E-state index contributed by atoms with van der Waals surface area (Å²) in [4.78, 5) is 25.5. The van der Waals surface area contributed by atoms with Crippen LogP contribution in [-0.4, -0.2) is 33.0 Å². The van der Waals surface area contributed by atoms with Crippen LogP contribution in [0.15, 0.2) is 22.8 Å². The summed E-state index contributed by atoms with van der Waals surface area (Å²) in [7, 11) is 0. The van der Waals surface area contributed by atoms with Crippen LogP contribution in [-0.2, 0) is 9.59 Å². The van der Waals surface area contributed by atoms with Gasteiger partial charge in [0.1, 0.15) is 11.2 Å². The lowest BCUT2D eigenvalue weighted by Crippen LogP contribution is -2.71. The van der Waals surface area contributed by atoms with Gasteiger partial charge in [-0.2, -0.15) is 0 Å². The Balaban J connectivity index is 2.37. The van der Waals surface area contributed by atoms with Crippen LogP contribution in [0.3, 0.4) is 0 Å². The molecule has 0 amide bonds. The van der Waals surface area contributed by atoms with Crippen LogP contribution < -0.4 is 0 Å². The number of Topliss-reactive ketones (excluding diaryl/α,β-unsaturated/α-hetero) is 2. The second kappa shape index (κ2) is 3.98. The van der Waals surface area contributed by atoms with Gasteiger partial charge in [-0.3, -0.25) is 9.59 Å². The summed E-state index contributed by atoms with van der Waals surface area (Å²) in [5.74, 6) is -1.78. The Kier molecular flexibility index (Phi) is 2.83. The van der Waals surface area contributed by atoms with E-state index in [1.165, 1.54) is 13.8 Å². The first-order chi connectivity index (χ1) is 9.89. The van der Waals surface area contributed by atoms with Crippen molar-refractivity contribution in [1.82, 2.24) is 0 Å². The molecule has 4 nitrogen and oxygen atoms in total. The quantitative estimate of drug-likeness (QED) is 0.669. The number of rotatable bonds is 0. The number of hydrogen-bond acceptors (Lipinski definition) is 4. The van der Waals surface area contributed by atoms with Crippen molar-refractivity contribution in [3.63, 3.8) is 0 Å². The van der Waals surface area contributed by atoms with Gasteiger partial charge in [-0.15, -0.1) is 0 Å². The number of carbonyl (C=O) groups is 2. The number of hydrogen-bond donors (Lipinski definition) is 2. The SMILES string of the molecule is CC1=CC2C3C(C(C)=C(C)C(=O)[C@@]3(C)O)C1(C)C(=O)C2(C)O. The molecule has 5 unspecified atom stereocenters. The van der Waals surface area contributed by atoms with Crippen molar-refractivity contribution >= 4 is 11.6 Å². The summed E-state index contributed by atoms with van der Waals surface area (Å²) < 4.78 is 0. The highest BCUT2D eigenvalue weighted by Crippen LogP contribution is 2.64. The molecule has 0 aromatic rings. The smallest absolute Gasteiger partial charge is 0.190 e. The van der Waals surface area contributed by atoms with E-state index < -0.39 is 28.5 Å². The average Bonchev–Trinajstić information content (AvgIpc) is 2.42. The second-order valence-corrected chi connectivity index (χ2v) is 7.84. The van der Waals surface area contributed by atoms with E-state index in [0.29, 0.717) is 5.57 Å². The van der Waals surface area contributed by atoms with E-state index in [0.717, 1.165) is 11.1 Å². The molecule has 0 heterocycles. The summed E-state index contributed by atoms with van der Waals surface area (Å²) in [6, 6.07) is 0. The van der Waals surface area contributed by atoms with Gasteiger partial charge in [-0.05, 0) is 47.1 Å². The Labute approximate surface area is 130 Å². The first kappa shape index (κ1) is 15.6. The highest BCUT2D eigenvalue weighted by Gasteiger charge is 2.70. The minimum Gasteiger partial charge on any atom is -0.382 e. The van der Waals surface area contributed by atoms with E-state index in [1.807, 2.05) is 26.8 Å². The fourth-order valence-corrected chi connectivity index (χ4v) is 5.19. The van der Waals surface area contributed by atoms with Crippen molar-refractivity contribution in [1.29, 1.82) is 0 Å². The van der Waals surface area contributed by atoms with Crippen LogP contribution in [0, 0.1) is 23.2 Å². The van der Waals surface area contributed by atoms with E-state index in [-0.39, 0.29) is 17.5 Å². The molecule has 0 aliphatic heterocycles. The molecule has 0 aromatic heterocycles. The molecule has 4 aliphatic carbocycles. The molecule has 22 heavy (non-hydrogen) atoms. The highest BCUT2D eigenvalue weighted by molar-refractivity contribution is 6.05. The van der Waals surface area contributed by atoms with Crippen molar-refractivity contribution in [3.05, 3.63) is 22.8 Å².